The predicted molar refractivity (Wildman–Crippen MR) is 103 cm³/mol. The molecule has 0 saturated carbocycles. The zero-order valence-corrected chi connectivity index (χ0v) is 13.7. The summed E-state index contributed by atoms with van der Waals surface area (Å²) in [4.78, 5) is 8.35. The molecule has 25 heavy (non-hydrogen) atoms. The van der Waals surface area contributed by atoms with E-state index in [1.165, 1.54) is 16.3 Å². The lowest BCUT2D eigenvalue weighted by atomic mass is 9.99. The number of aromatic hydroxyl groups is 1. The van der Waals surface area contributed by atoms with Crippen molar-refractivity contribution < 1.29 is 5.11 Å². The van der Waals surface area contributed by atoms with Gasteiger partial charge in [0.25, 0.3) is 0 Å². The van der Waals surface area contributed by atoms with Gasteiger partial charge in [-0.05, 0) is 35.9 Å². The third-order valence-electron chi connectivity index (χ3n) is 4.74. The Hall–Kier alpha value is -3.33. The minimum Gasteiger partial charge on any atom is -0.508 e. The normalized spacial score (nSPS) is 11.6. The van der Waals surface area contributed by atoms with Crippen LogP contribution >= 0.6 is 0 Å². The van der Waals surface area contributed by atoms with Crippen LogP contribution in [0.1, 0.15) is 5.56 Å². The van der Waals surface area contributed by atoms with Gasteiger partial charge >= 0.3 is 0 Å². The van der Waals surface area contributed by atoms with Crippen molar-refractivity contribution in [1.82, 2.24) is 9.97 Å². The summed E-state index contributed by atoms with van der Waals surface area (Å²) in [6, 6.07) is 22.1. The molecule has 1 heterocycles. The zero-order valence-electron chi connectivity index (χ0n) is 13.7. The average molecular weight is 324 g/mol. The largest absolute Gasteiger partial charge is 0.508 e. The first-order chi connectivity index (χ1) is 12.2. The highest BCUT2D eigenvalue weighted by Crippen LogP contribution is 2.35. The third-order valence-corrected chi connectivity index (χ3v) is 4.74. The van der Waals surface area contributed by atoms with Crippen molar-refractivity contribution in [3.8, 4) is 17.1 Å². The van der Waals surface area contributed by atoms with Gasteiger partial charge in [-0.15, -0.1) is 0 Å². The summed E-state index contributed by atoms with van der Waals surface area (Å²) >= 11 is 0. The number of phenols is 1. The summed E-state index contributed by atoms with van der Waals surface area (Å²) in [6.45, 7) is 2.10. The molecule has 0 atom stereocenters. The van der Waals surface area contributed by atoms with Gasteiger partial charge in [-0.2, -0.15) is 0 Å². The standard InChI is InChI=1S/C22H16N2O/c1-13-9-10-17-16-7-2-3-8-18(16)20-21(19(17)11-13)24-22(23-20)14-5-4-6-15(25)12-14/h2-12,25H,1H3,(H,23,24). The summed E-state index contributed by atoms with van der Waals surface area (Å²) in [5, 5.41) is 14.5. The molecule has 3 heteroatoms. The highest BCUT2D eigenvalue weighted by Gasteiger charge is 2.13. The van der Waals surface area contributed by atoms with Crippen molar-refractivity contribution in [3.05, 3.63) is 72.3 Å². The Kier molecular flexibility index (Phi) is 2.86. The number of aromatic nitrogens is 2. The van der Waals surface area contributed by atoms with Gasteiger partial charge in [0.15, 0.2) is 0 Å². The van der Waals surface area contributed by atoms with Crippen molar-refractivity contribution in [2.45, 2.75) is 6.92 Å². The van der Waals surface area contributed by atoms with E-state index < -0.39 is 0 Å². The molecule has 0 aliphatic rings. The lowest BCUT2D eigenvalue weighted by Crippen LogP contribution is -1.83. The molecule has 0 saturated heterocycles. The van der Waals surface area contributed by atoms with E-state index in [2.05, 4.69) is 54.4 Å². The van der Waals surface area contributed by atoms with Gasteiger partial charge in [-0.3, -0.25) is 0 Å². The fourth-order valence-electron chi connectivity index (χ4n) is 3.58. The topological polar surface area (TPSA) is 48.9 Å². The number of H-pyrrole nitrogens is 1. The molecule has 0 unspecified atom stereocenters. The van der Waals surface area contributed by atoms with Crippen LogP contribution < -0.4 is 0 Å². The molecule has 0 aliphatic carbocycles. The van der Waals surface area contributed by atoms with Crippen LogP contribution in [0.4, 0.5) is 0 Å². The molecule has 0 fully saturated rings. The number of nitrogens with zero attached hydrogens (tertiary/aromatic N) is 1. The predicted octanol–water partition coefficient (Wildman–Crippen LogP) is 5.55. The monoisotopic (exact) mass is 324 g/mol. The lowest BCUT2D eigenvalue weighted by Gasteiger charge is -2.06. The quantitative estimate of drug-likeness (QED) is 0.397. The van der Waals surface area contributed by atoms with Gasteiger partial charge in [-0.25, -0.2) is 4.98 Å². The summed E-state index contributed by atoms with van der Waals surface area (Å²) in [7, 11) is 0. The smallest absolute Gasteiger partial charge is 0.138 e. The summed E-state index contributed by atoms with van der Waals surface area (Å²) < 4.78 is 0. The highest BCUT2D eigenvalue weighted by atomic mass is 16.3. The number of benzene rings is 4. The van der Waals surface area contributed by atoms with Crippen molar-refractivity contribution >= 4 is 32.6 Å². The van der Waals surface area contributed by atoms with E-state index in [9.17, 15) is 5.11 Å². The van der Waals surface area contributed by atoms with Crippen molar-refractivity contribution in [3.63, 3.8) is 0 Å². The second-order valence-corrected chi connectivity index (χ2v) is 6.45. The fraction of sp³-hybridized carbons (Fsp3) is 0.0455. The van der Waals surface area contributed by atoms with Gasteiger partial charge in [-0.1, -0.05) is 54.1 Å². The molecule has 0 spiro atoms. The Balaban J connectivity index is 1.96. The second kappa shape index (κ2) is 5.08. The summed E-state index contributed by atoms with van der Waals surface area (Å²) in [5.74, 6) is 1.01. The Morgan fingerprint density at radius 2 is 1.60 bits per heavy atom. The molecule has 5 aromatic rings. The maximum Gasteiger partial charge on any atom is 0.138 e. The molecular weight excluding hydrogens is 308 g/mol. The third kappa shape index (κ3) is 2.09. The van der Waals surface area contributed by atoms with Gasteiger partial charge in [0.2, 0.25) is 0 Å². The fourth-order valence-corrected chi connectivity index (χ4v) is 3.58. The van der Waals surface area contributed by atoms with Gasteiger partial charge in [0.05, 0.1) is 11.0 Å². The first-order valence-electron chi connectivity index (χ1n) is 8.31. The average Bonchev–Trinajstić information content (AvgIpc) is 3.08. The first-order valence-corrected chi connectivity index (χ1v) is 8.31. The van der Waals surface area contributed by atoms with Crippen LogP contribution in [0, 0.1) is 6.92 Å². The number of rotatable bonds is 1. The Bertz CT molecular complexity index is 1270. The summed E-state index contributed by atoms with van der Waals surface area (Å²) in [5.41, 5.74) is 4.09. The molecule has 0 aliphatic heterocycles. The number of aryl methyl sites for hydroxylation is 1. The van der Waals surface area contributed by atoms with Crippen molar-refractivity contribution in [2.75, 3.05) is 0 Å². The molecule has 3 nitrogen and oxygen atoms in total. The zero-order chi connectivity index (χ0) is 17.0. The van der Waals surface area contributed by atoms with Crippen LogP contribution in [0.5, 0.6) is 5.75 Å². The van der Waals surface area contributed by atoms with Crippen LogP contribution in [0.3, 0.4) is 0 Å². The number of phenolic OH excluding ortho intramolecular Hbond substituents is 1. The van der Waals surface area contributed by atoms with Gasteiger partial charge in [0, 0.05) is 16.3 Å². The van der Waals surface area contributed by atoms with E-state index in [1.807, 2.05) is 12.1 Å². The van der Waals surface area contributed by atoms with E-state index >= 15 is 0 Å². The molecule has 4 aromatic carbocycles. The summed E-state index contributed by atoms with van der Waals surface area (Å²) in [6.07, 6.45) is 0. The van der Waals surface area contributed by atoms with Gasteiger partial charge in [0.1, 0.15) is 11.6 Å². The lowest BCUT2D eigenvalue weighted by molar-refractivity contribution is 0.475. The van der Waals surface area contributed by atoms with E-state index in [4.69, 9.17) is 4.98 Å². The van der Waals surface area contributed by atoms with Crippen molar-refractivity contribution in [2.24, 2.45) is 0 Å². The maximum atomic E-state index is 9.79. The number of hydrogen-bond donors (Lipinski definition) is 2. The minimum absolute atomic E-state index is 0.239. The molecule has 5 rings (SSSR count). The molecule has 1 aromatic heterocycles. The van der Waals surface area contributed by atoms with Crippen LogP contribution in [-0.4, -0.2) is 15.1 Å². The van der Waals surface area contributed by atoms with Crippen LogP contribution in [0.25, 0.3) is 44.0 Å². The number of imidazole rings is 1. The molecule has 120 valence electrons. The highest BCUT2D eigenvalue weighted by molar-refractivity contribution is 6.23. The molecule has 0 bridgehead atoms. The number of hydrogen-bond acceptors (Lipinski definition) is 2. The SMILES string of the molecule is Cc1ccc2c3ccccc3c3[nH]c(-c4cccc(O)c4)nc3c2c1. The minimum atomic E-state index is 0.239. The second-order valence-electron chi connectivity index (χ2n) is 6.45. The molecule has 0 amide bonds. The van der Waals surface area contributed by atoms with Crippen molar-refractivity contribution in [1.29, 1.82) is 0 Å². The van der Waals surface area contributed by atoms with E-state index in [0.717, 1.165) is 33.2 Å². The van der Waals surface area contributed by atoms with E-state index in [-0.39, 0.29) is 5.75 Å². The number of nitrogens with one attached hydrogen (secondary N) is 1. The molecule has 2 N–H and O–H groups in total. The molecular formula is C22H16N2O. The maximum absolute atomic E-state index is 9.79. The number of aromatic amines is 1. The molecule has 0 radical (unpaired) electrons. The number of fused-ring (bicyclic) bond motifs is 6. The Labute approximate surface area is 144 Å². The van der Waals surface area contributed by atoms with Crippen LogP contribution in [0.2, 0.25) is 0 Å². The van der Waals surface area contributed by atoms with Crippen LogP contribution in [0.15, 0.2) is 66.7 Å². The van der Waals surface area contributed by atoms with E-state index in [0.29, 0.717) is 0 Å². The van der Waals surface area contributed by atoms with Gasteiger partial charge < -0.3 is 10.1 Å². The van der Waals surface area contributed by atoms with Crippen LogP contribution in [-0.2, 0) is 0 Å². The Morgan fingerprint density at radius 3 is 2.44 bits per heavy atom. The van der Waals surface area contributed by atoms with E-state index in [1.54, 1.807) is 12.1 Å². The first kappa shape index (κ1) is 14.1. The Morgan fingerprint density at radius 1 is 0.800 bits per heavy atom.